The average Bonchev–Trinajstić information content (AvgIpc) is 2.86. The van der Waals surface area contributed by atoms with Crippen molar-refractivity contribution >= 4 is 45.5 Å². The summed E-state index contributed by atoms with van der Waals surface area (Å²) >= 11 is 0. The van der Waals surface area contributed by atoms with Crippen molar-refractivity contribution in [2.75, 3.05) is 14.2 Å². The number of fused-ring (bicyclic) bond motifs is 2. The maximum atomic E-state index is 10.9. The number of benzene rings is 4. The molecule has 0 bridgehead atoms. The van der Waals surface area contributed by atoms with Gasteiger partial charge >= 0.3 is 0 Å². The molecule has 5 heteroatoms. The van der Waals surface area contributed by atoms with Gasteiger partial charge in [-0.05, 0) is 90.4 Å². The van der Waals surface area contributed by atoms with Crippen molar-refractivity contribution in [2.24, 2.45) is 0 Å². The van der Waals surface area contributed by atoms with Crippen LogP contribution in [0.15, 0.2) is 78.9 Å². The number of methoxy groups -OCH3 is 2. The number of ketones is 2. The SMILES string of the molecule is CC(C)=O.COc1ccc2cc(C=CC(C)=O)ccc2c1.COc1ccc2cc(C=O)ccc2c1. The van der Waals surface area contributed by atoms with Crippen LogP contribution >= 0.6 is 0 Å². The maximum absolute atomic E-state index is 10.9. The topological polar surface area (TPSA) is 69.7 Å². The molecule has 0 aromatic heterocycles. The molecule has 4 aromatic carbocycles. The van der Waals surface area contributed by atoms with Gasteiger partial charge in [0.25, 0.3) is 0 Å². The second-order valence-corrected chi connectivity index (χ2v) is 7.92. The number of hydrogen-bond acceptors (Lipinski definition) is 5. The fourth-order valence-electron chi connectivity index (χ4n) is 3.13. The van der Waals surface area contributed by atoms with Crippen LogP contribution in [0.4, 0.5) is 0 Å². The zero-order valence-electron chi connectivity index (χ0n) is 20.7. The highest BCUT2D eigenvalue weighted by atomic mass is 16.5. The number of hydrogen-bond donors (Lipinski definition) is 0. The minimum atomic E-state index is 0.0554. The van der Waals surface area contributed by atoms with E-state index in [4.69, 9.17) is 9.47 Å². The molecule has 0 radical (unpaired) electrons. The van der Waals surface area contributed by atoms with Crippen LogP contribution in [-0.2, 0) is 9.59 Å². The Morgan fingerprint density at radius 1 is 0.629 bits per heavy atom. The van der Waals surface area contributed by atoms with E-state index >= 15 is 0 Å². The van der Waals surface area contributed by atoms with Gasteiger partial charge in [-0.15, -0.1) is 0 Å². The quantitative estimate of drug-likeness (QED) is 0.240. The van der Waals surface area contributed by atoms with Crippen molar-refractivity contribution in [3.8, 4) is 11.5 Å². The molecule has 0 fully saturated rings. The first-order valence-electron chi connectivity index (χ1n) is 11.0. The van der Waals surface area contributed by atoms with Crippen LogP contribution in [0.5, 0.6) is 11.5 Å². The van der Waals surface area contributed by atoms with Crippen molar-refractivity contribution in [3.05, 3.63) is 90.0 Å². The lowest BCUT2D eigenvalue weighted by atomic mass is 10.1. The number of carbonyl (C=O) groups is 3. The minimum absolute atomic E-state index is 0.0554. The number of rotatable bonds is 5. The molecule has 0 aliphatic carbocycles. The molecule has 0 amide bonds. The summed E-state index contributed by atoms with van der Waals surface area (Å²) in [7, 11) is 3.30. The molecule has 0 spiro atoms. The molecule has 0 saturated heterocycles. The van der Waals surface area contributed by atoms with Crippen LogP contribution in [-0.4, -0.2) is 32.1 Å². The second kappa shape index (κ2) is 13.5. The van der Waals surface area contributed by atoms with Crippen molar-refractivity contribution in [3.63, 3.8) is 0 Å². The third-order valence-electron chi connectivity index (χ3n) is 4.79. The lowest BCUT2D eigenvalue weighted by Gasteiger charge is -2.03. The Morgan fingerprint density at radius 3 is 1.46 bits per heavy atom. The van der Waals surface area contributed by atoms with Gasteiger partial charge in [-0.2, -0.15) is 0 Å². The Kier molecular flexibility index (Phi) is 10.4. The van der Waals surface area contributed by atoms with Crippen LogP contribution in [0, 0.1) is 0 Å². The molecule has 0 heterocycles. The zero-order valence-corrected chi connectivity index (χ0v) is 20.7. The Hall–Kier alpha value is -4.25. The lowest BCUT2D eigenvalue weighted by molar-refractivity contribution is -0.115. The Bertz CT molecular complexity index is 1350. The fourth-order valence-corrected chi connectivity index (χ4v) is 3.13. The van der Waals surface area contributed by atoms with E-state index in [0.717, 1.165) is 44.9 Å². The summed E-state index contributed by atoms with van der Waals surface area (Å²) in [5, 5.41) is 4.39. The molecule has 35 heavy (non-hydrogen) atoms. The van der Waals surface area contributed by atoms with Crippen molar-refractivity contribution in [1.29, 1.82) is 0 Å². The van der Waals surface area contributed by atoms with Gasteiger partial charge in [0, 0.05) is 5.56 Å². The number of ether oxygens (including phenoxy) is 2. The van der Waals surface area contributed by atoms with Gasteiger partial charge in [0.2, 0.25) is 0 Å². The van der Waals surface area contributed by atoms with Crippen molar-refractivity contribution < 1.29 is 23.9 Å². The standard InChI is InChI=1S/C15H14O2.C12H10O2.C3H6O/c1-11(16)3-4-12-5-6-14-10-15(17-2)8-7-13(14)9-12;1-14-12-5-4-10-6-9(8-13)2-3-11(10)7-12;1-3(2)4/h3-10H,1-2H3;2-8H,1H3;1-2H3. The highest BCUT2D eigenvalue weighted by Crippen LogP contribution is 2.23. The van der Waals surface area contributed by atoms with Gasteiger partial charge in [0.1, 0.15) is 23.6 Å². The molecular formula is C30H30O5. The van der Waals surface area contributed by atoms with Crippen molar-refractivity contribution in [2.45, 2.75) is 20.8 Å². The van der Waals surface area contributed by atoms with Gasteiger partial charge in [-0.1, -0.05) is 42.5 Å². The predicted octanol–water partition coefficient (Wildman–Crippen LogP) is 6.71. The van der Waals surface area contributed by atoms with Gasteiger partial charge < -0.3 is 14.3 Å². The number of Topliss-reactive ketones (excluding diaryl/α,β-unsaturated/α-hetero) is 1. The molecule has 0 unspecified atom stereocenters. The van der Waals surface area contributed by atoms with Crippen LogP contribution in [0.25, 0.3) is 27.6 Å². The average molecular weight is 471 g/mol. The van der Waals surface area contributed by atoms with Gasteiger partial charge in [-0.3, -0.25) is 9.59 Å². The van der Waals surface area contributed by atoms with E-state index in [2.05, 4.69) is 0 Å². The number of allylic oxidation sites excluding steroid dienone is 1. The molecular weight excluding hydrogens is 440 g/mol. The predicted molar refractivity (Wildman–Crippen MR) is 142 cm³/mol. The van der Waals surface area contributed by atoms with Crippen LogP contribution in [0.3, 0.4) is 0 Å². The highest BCUT2D eigenvalue weighted by Gasteiger charge is 1.98. The summed E-state index contributed by atoms with van der Waals surface area (Å²) in [6.45, 7) is 4.60. The molecule has 0 aliphatic rings. The molecule has 4 rings (SSSR count). The maximum Gasteiger partial charge on any atom is 0.152 e. The number of aldehydes is 1. The molecule has 180 valence electrons. The van der Waals surface area contributed by atoms with Gasteiger partial charge in [-0.25, -0.2) is 0 Å². The highest BCUT2D eigenvalue weighted by molar-refractivity contribution is 5.93. The van der Waals surface area contributed by atoms with Crippen molar-refractivity contribution in [1.82, 2.24) is 0 Å². The Labute approximate surface area is 206 Å². The summed E-state index contributed by atoms with van der Waals surface area (Å²) in [6.07, 6.45) is 4.25. The van der Waals surface area contributed by atoms with E-state index in [-0.39, 0.29) is 11.6 Å². The summed E-state index contributed by atoms with van der Waals surface area (Å²) < 4.78 is 10.3. The summed E-state index contributed by atoms with van der Waals surface area (Å²) in [4.78, 5) is 30.9. The molecule has 5 nitrogen and oxygen atoms in total. The Balaban J connectivity index is 0.000000217. The van der Waals surface area contributed by atoms with E-state index < -0.39 is 0 Å². The Morgan fingerprint density at radius 2 is 1.03 bits per heavy atom. The minimum Gasteiger partial charge on any atom is -0.497 e. The first-order chi connectivity index (χ1) is 16.7. The lowest BCUT2D eigenvalue weighted by Crippen LogP contribution is -1.83. The van der Waals surface area contributed by atoms with E-state index in [1.807, 2.05) is 72.8 Å². The third kappa shape index (κ3) is 8.89. The van der Waals surface area contributed by atoms with Gasteiger partial charge in [0.15, 0.2) is 5.78 Å². The molecule has 0 N–H and O–H groups in total. The smallest absolute Gasteiger partial charge is 0.152 e. The van der Waals surface area contributed by atoms with Crippen LogP contribution in [0.1, 0.15) is 36.7 Å². The van der Waals surface area contributed by atoms with E-state index in [0.29, 0.717) is 5.56 Å². The number of carbonyl (C=O) groups excluding carboxylic acids is 3. The second-order valence-electron chi connectivity index (χ2n) is 7.92. The largest absolute Gasteiger partial charge is 0.497 e. The third-order valence-corrected chi connectivity index (χ3v) is 4.79. The summed E-state index contributed by atoms with van der Waals surface area (Å²) in [5.74, 6) is 1.90. The normalized spacial score (nSPS) is 10.1. The molecule has 4 aromatic rings. The molecule has 0 saturated carbocycles. The van der Waals surface area contributed by atoms with Gasteiger partial charge in [0.05, 0.1) is 14.2 Å². The summed E-state index contributed by atoms with van der Waals surface area (Å²) in [5.41, 5.74) is 1.72. The van der Waals surface area contributed by atoms with E-state index in [1.54, 1.807) is 33.3 Å². The summed E-state index contributed by atoms with van der Waals surface area (Å²) in [6, 6.07) is 23.4. The fraction of sp³-hybridized carbons (Fsp3) is 0.167. The first kappa shape index (κ1) is 27.0. The van der Waals surface area contributed by atoms with Crippen LogP contribution in [0.2, 0.25) is 0 Å². The van der Waals surface area contributed by atoms with E-state index in [9.17, 15) is 14.4 Å². The first-order valence-corrected chi connectivity index (χ1v) is 11.0. The zero-order chi connectivity index (χ0) is 25.8. The van der Waals surface area contributed by atoms with Crippen LogP contribution < -0.4 is 9.47 Å². The molecule has 0 atom stereocenters. The van der Waals surface area contributed by atoms with E-state index in [1.165, 1.54) is 13.8 Å². The molecule has 0 aliphatic heterocycles. The monoisotopic (exact) mass is 470 g/mol.